The highest BCUT2D eigenvalue weighted by molar-refractivity contribution is 7.09. The van der Waals surface area contributed by atoms with Gasteiger partial charge < -0.3 is 5.32 Å². The van der Waals surface area contributed by atoms with Crippen LogP contribution in [0.5, 0.6) is 0 Å². The first-order chi connectivity index (χ1) is 8.79. The molecule has 3 rings (SSSR count). The molecule has 0 saturated heterocycles. The number of aromatic nitrogens is 1. The van der Waals surface area contributed by atoms with Crippen molar-refractivity contribution in [2.45, 2.75) is 31.7 Å². The molecule has 18 heavy (non-hydrogen) atoms. The van der Waals surface area contributed by atoms with Crippen LogP contribution in [0.2, 0.25) is 0 Å². The van der Waals surface area contributed by atoms with Crippen molar-refractivity contribution in [3.8, 4) is 0 Å². The maximum absolute atomic E-state index is 4.64. The predicted octanol–water partition coefficient (Wildman–Crippen LogP) is 3.64. The van der Waals surface area contributed by atoms with Crippen molar-refractivity contribution < 1.29 is 0 Å². The van der Waals surface area contributed by atoms with Crippen LogP contribution in [0.25, 0.3) is 0 Å². The number of benzene rings is 1. The first-order valence-corrected chi connectivity index (χ1v) is 7.35. The molecule has 94 valence electrons. The summed E-state index contributed by atoms with van der Waals surface area (Å²) in [5.74, 6) is 0.776. The topological polar surface area (TPSA) is 24.9 Å². The Bertz CT molecular complexity index is 543. The summed E-state index contributed by atoms with van der Waals surface area (Å²) >= 11 is 1.74. The molecule has 1 aromatic carbocycles. The van der Waals surface area contributed by atoms with Crippen LogP contribution in [-0.2, 0) is 0 Å². The van der Waals surface area contributed by atoms with Crippen LogP contribution in [0, 0.1) is 6.92 Å². The van der Waals surface area contributed by atoms with E-state index in [4.69, 9.17) is 0 Å². The average molecular weight is 258 g/mol. The Hall–Kier alpha value is -1.19. The van der Waals surface area contributed by atoms with Crippen LogP contribution in [0.1, 0.15) is 46.6 Å². The number of rotatable bonds is 4. The van der Waals surface area contributed by atoms with Crippen molar-refractivity contribution in [2.75, 3.05) is 7.05 Å². The van der Waals surface area contributed by atoms with Gasteiger partial charge in [-0.1, -0.05) is 24.3 Å². The van der Waals surface area contributed by atoms with Crippen molar-refractivity contribution in [1.29, 1.82) is 0 Å². The van der Waals surface area contributed by atoms with Gasteiger partial charge in [0.15, 0.2) is 0 Å². The SMILES string of the molecule is CNC(c1nc(C)cs1)c1ccccc1C1CC1. The summed E-state index contributed by atoms with van der Waals surface area (Å²) < 4.78 is 0. The highest BCUT2D eigenvalue weighted by Gasteiger charge is 2.28. The lowest BCUT2D eigenvalue weighted by Crippen LogP contribution is -2.19. The van der Waals surface area contributed by atoms with E-state index in [1.807, 2.05) is 7.05 Å². The molecule has 1 fully saturated rings. The Morgan fingerprint density at radius 1 is 1.33 bits per heavy atom. The summed E-state index contributed by atoms with van der Waals surface area (Å²) in [6, 6.07) is 9.03. The first-order valence-electron chi connectivity index (χ1n) is 6.47. The number of nitrogens with one attached hydrogen (secondary N) is 1. The van der Waals surface area contributed by atoms with Gasteiger partial charge in [-0.05, 0) is 43.9 Å². The Kier molecular flexibility index (Phi) is 3.18. The molecule has 3 heteroatoms. The molecule has 0 bridgehead atoms. The Morgan fingerprint density at radius 2 is 2.11 bits per heavy atom. The van der Waals surface area contributed by atoms with Gasteiger partial charge in [0, 0.05) is 11.1 Å². The molecule has 1 unspecified atom stereocenters. The molecule has 2 nitrogen and oxygen atoms in total. The van der Waals surface area contributed by atoms with Gasteiger partial charge in [0.2, 0.25) is 0 Å². The Labute approximate surface area is 112 Å². The lowest BCUT2D eigenvalue weighted by atomic mass is 9.97. The fourth-order valence-corrected chi connectivity index (χ4v) is 3.38. The molecule has 1 N–H and O–H groups in total. The van der Waals surface area contributed by atoms with Crippen molar-refractivity contribution in [3.63, 3.8) is 0 Å². The minimum atomic E-state index is 0.237. The minimum absolute atomic E-state index is 0.237. The third kappa shape index (κ3) is 2.20. The predicted molar refractivity (Wildman–Crippen MR) is 76.2 cm³/mol. The molecular formula is C15H18N2S. The molecule has 1 aliphatic rings. The lowest BCUT2D eigenvalue weighted by molar-refractivity contribution is 0.677. The van der Waals surface area contributed by atoms with E-state index in [-0.39, 0.29) is 6.04 Å². The van der Waals surface area contributed by atoms with E-state index in [9.17, 15) is 0 Å². The van der Waals surface area contributed by atoms with Crippen LogP contribution in [0.15, 0.2) is 29.6 Å². The normalized spacial score (nSPS) is 16.8. The van der Waals surface area contributed by atoms with E-state index >= 15 is 0 Å². The summed E-state index contributed by atoms with van der Waals surface area (Å²) in [6.07, 6.45) is 2.68. The largest absolute Gasteiger partial charge is 0.307 e. The second-order valence-corrected chi connectivity index (χ2v) is 5.84. The summed E-state index contributed by atoms with van der Waals surface area (Å²) in [7, 11) is 2.02. The highest BCUT2D eigenvalue weighted by atomic mass is 32.1. The molecule has 1 heterocycles. The average Bonchev–Trinajstić information content (AvgIpc) is 3.15. The molecule has 2 aromatic rings. The molecule has 0 spiro atoms. The van der Waals surface area contributed by atoms with E-state index in [2.05, 4.69) is 46.9 Å². The standard InChI is InChI=1S/C15H18N2S/c1-10-9-18-15(17-10)14(16-2)13-6-4-3-5-12(13)11-7-8-11/h3-6,9,11,14,16H,7-8H2,1-2H3. The van der Waals surface area contributed by atoms with Crippen LogP contribution in [0.3, 0.4) is 0 Å². The van der Waals surface area contributed by atoms with Crippen LogP contribution < -0.4 is 5.32 Å². The summed E-state index contributed by atoms with van der Waals surface area (Å²) in [4.78, 5) is 4.64. The van der Waals surface area contributed by atoms with Gasteiger partial charge in [-0.3, -0.25) is 0 Å². The third-order valence-corrected chi connectivity index (χ3v) is 4.52. The second-order valence-electron chi connectivity index (χ2n) is 4.95. The van der Waals surface area contributed by atoms with E-state index in [1.54, 1.807) is 11.3 Å². The van der Waals surface area contributed by atoms with Gasteiger partial charge in [-0.2, -0.15) is 0 Å². The van der Waals surface area contributed by atoms with Crippen molar-refractivity contribution >= 4 is 11.3 Å². The van der Waals surface area contributed by atoms with Gasteiger partial charge in [0.1, 0.15) is 5.01 Å². The summed E-state index contributed by atoms with van der Waals surface area (Å²) in [5.41, 5.74) is 4.01. The zero-order chi connectivity index (χ0) is 12.5. The van der Waals surface area contributed by atoms with Gasteiger partial charge in [0.25, 0.3) is 0 Å². The van der Waals surface area contributed by atoms with E-state index in [0.717, 1.165) is 11.6 Å². The molecule has 0 aliphatic heterocycles. The van der Waals surface area contributed by atoms with Crippen LogP contribution >= 0.6 is 11.3 Å². The molecule has 1 aromatic heterocycles. The fraction of sp³-hybridized carbons (Fsp3) is 0.400. The smallest absolute Gasteiger partial charge is 0.114 e. The minimum Gasteiger partial charge on any atom is -0.307 e. The maximum Gasteiger partial charge on any atom is 0.114 e. The molecule has 1 atom stereocenters. The number of hydrogen-bond acceptors (Lipinski definition) is 3. The molecule has 0 amide bonds. The lowest BCUT2D eigenvalue weighted by Gasteiger charge is -2.18. The van der Waals surface area contributed by atoms with Crippen molar-refractivity contribution in [1.82, 2.24) is 10.3 Å². The zero-order valence-electron chi connectivity index (χ0n) is 10.8. The van der Waals surface area contributed by atoms with E-state index in [0.29, 0.717) is 0 Å². The monoisotopic (exact) mass is 258 g/mol. The van der Waals surface area contributed by atoms with Gasteiger partial charge >= 0.3 is 0 Å². The third-order valence-electron chi connectivity index (χ3n) is 3.50. The summed E-state index contributed by atoms with van der Waals surface area (Å²) in [5, 5.41) is 6.71. The Balaban J connectivity index is 2.01. The highest BCUT2D eigenvalue weighted by Crippen LogP contribution is 2.43. The zero-order valence-corrected chi connectivity index (χ0v) is 11.6. The van der Waals surface area contributed by atoms with E-state index < -0.39 is 0 Å². The molecule has 1 saturated carbocycles. The van der Waals surface area contributed by atoms with Crippen LogP contribution in [-0.4, -0.2) is 12.0 Å². The van der Waals surface area contributed by atoms with Gasteiger partial charge in [-0.25, -0.2) is 4.98 Å². The molecule has 1 aliphatic carbocycles. The van der Waals surface area contributed by atoms with E-state index in [1.165, 1.54) is 29.0 Å². The van der Waals surface area contributed by atoms with Gasteiger partial charge in [-0.15, -0.1) is 11.3 Å². The van der Waals surface area contributed by atoms with Crippen molar-refractivity contribution in [2.24, 2.45) is 0 Å². The quantitative estimate of drug-likeness (QED) is 0.905. The van der Waals surface area contributed by atoms with Crippen LogP contribution in [0.4, 0.5) is 0 Å². The summed E-state index contributed by atoms with van der Waals surface area (Å²) in [6.45, 7) is 2.06. The second kappa shape index (κ2) is 4.82. The number of hydrogen-bond donors (Lipinski definition) is 1. The fourth-order valence-electron chi connectivity index (χ4n) is 2.46. The maximum atomic E-state index is 4.64. The number of thiazole rings is 1. The number of aryl methyl sites for hydroxylation is 1. The number of nitrogens with zero attached hydrogens (tertiary/aromatic N) is 1. The Morgan fingerprint density at radius 3 is 2.72 bits per heavy atom. The first kappa shape index (κ1) is 11.9. The van der Waals surface area contributed by atoms with Crippen molar-refractivity contribution in [3.05, 3.63) is 51.5 Å². The van der Waals surface area contributed by atoms with Gasteiger partial charge in [0.05, 0.1) is 6.04 Å². The molecule has 0 radical (unpaired) electrons. The molecular weight excluding hydrogens is 240 g/mol.